The first-order valence-electron chi connectivity index (χ1n) is 6.30. The Bertz CT molecular complexity index is 503. The summed E-state index contributed by atoms with van der Waals surface area (Å²) in [5.74, 6) is -0.969. The van der Waals surface area contributed by atoms with Gasteiger partial charge in [0, 0.05) is 37.3 Å². The molecule has 0 saturated carbocycles. The number of hydrogen-bond acceptors (Lipinski definition) is 3. The molecule has 0 spiro atoms. The molecule has 1 rings (SSSR count). The van der Waals surface area contributed by atoms with E-state index in [9.17, 15) is 9.59 Å². The highest BCUT2D eigenvalue weighted by Gasteiger charge is 2.15. The van der Waals surface area contributed by atoms with E-state index in [1.54, 1.807) is 32.3 Å². The van der Waals surface area contributed by atoms with Gasteiger partial charge in [-0.05, 0) is 31.5 Å². The molecule has 0 heterocycles. The third kappa shape index (κ3) is 4.74. The van der Waals surface area contributed by atoms with Crippen LogP contribution in [0.3, 0.4) is 0 Å². The van der Waals surface area contributed by atoms with Crippen molar-refractivity contribution < 1.29 is 14.7 Å². The maximum atomic E-state index is 12.1. The average molecular weight is 299 g/mol. The standard InChI is InChI=1S/C14H19ClN2O3/c1-9(4-7-13(18)19)16-12-8-10(15)5-6-11(12)14(20)17(2)3/h5-6,8-9,16H,4,7H2,1-3H3,(H,18,19). The van der Waals surface area contributed by atoms with Gasteiger partial charge in [-0.25, -0.2) is 0 Å². The summed E-state index contributed by atoms with van der Waals surface area (Å²) in [4.78, 5) is 24.1. The minimum atomic E-state index is -0.839. The molecule has 0 aliphatic carbocycles. The molecule has 20 heavy (non-hydrogen) atoms. The quantitative estimate of drug-likeness (QED) is 0.847. The molecule has 0 fully saturated rings. The van der Waals surface area contributed by atoms with Crippen molar-refractivity contribution in [2.45, 2.75) is 25.8 Å². The number of aliphatic carboxylic acids is 1. The molecule has 1 aromatic rings. The number of hydrogen-bond donors (Lipinski definition) is 2. The number of halogens is 1. The first-order chi connectivity index (χ1) is 9.31. The Balaban J connectivity index is 2.89. The Morgan fingerprint density at radius 2 is 2.05 bits per heavy atom. The van der Waals surface area contributed by atoms with Crippen molar-refractivity contribution in [3.63, 3.8) is 0 Å². The van der Waals surface area contributed by atoms with E-state index in [0.717, 1.165) is 0 Å². The lowest BCUT2D eigenvalue weighted by Crippen LogP contribution is -2.25. The highest BCUT2D eigenvalue weighted by Crippen LogP contribution is 2.23. The molecule has 1 amide bonds. The first kappa shape index (κ1) is 16.3. The molecular formula is C14H19ClN2O3. The van der Waals surface area contributed by atoms with Crippen LogP contribution in [-0.4, -0.2) is 42.0 Å². The van der Waals surface area contributed by atoms with Crippen LogP contribution in [0.1, 0.15) is 30.1 Å². The van der Waals surface area contributed by atoms with Crippen molar-refractivity contribution in [1.82, 2.24) is 4.90 Å². The van der Waals surface area contributed by atoms with Gasteiger partial charge in [-0.15, -0.1) is 0 Å². The fourth-order valence-corrected chi connectivity index (χ4v) is 1.91. The Kier molecular flexibility index (Phi) is 5.82. The van der Waals surface area contributed by atoms with Gasteiger partial charge >= 0.3 is 5.97 Å². The van der Waals surface area contributed by atoms with Crippen LogP contribution in [0.4, 0.5) is 5.69 Å². The van der Waals surface area contributed by atoms with Crippen molar-refractivity contribution in [2.24, 2.45) is 0 Å². The number of carboxylic acid groups (broad SMARTS) is 1. The number of anilines is 1. The summed E-state index contributed by atoms with van der Waals surface area (Å²) in [5.41, 5.74) is 1.13. The summed E-state index contributed by atoms with van der Waals surface area (Å²) in [5, 5.41) is 12.3. The molecule has 2 N–H and O–H groups in total. The number of nitrogens with zero attached hydrogens (tertiary/aromatic N) is 1. The fraction of sp³-hybridized carbons (Fsp3) is 0.429. The van der Waals surface area contributed by atoms with Crippen LogP contribution >= 0.6 is 11.6 Å². The van der Waals surface area contributed by atoms with Crippen LogP contribution in [0.2, 0.25) is 5.02 Å². The minimum Gasteiger partial charge on any atom is -0.481 e. The molecule has 0 aliphatic heterocycles. The molecule has 5 nitrogen and oxygen atoms in total. The van der Waals surface area contributed by atoms with Crippen molar-refractivity contribution in [2.75, 3.05) is 19.4 Å². The SMILES string of the molecule is CC(CCC(=O)O)Nc1cc(Cl)ccc1C(=O)N(C)C. The molecule has 0 aliphatic rings. The minimum absolute atomic E-state index is 0.0710. The van der Waals surface area contributed by atoms with Crippen LogP contribution in [0, 0.1) is 0 Å². The molecule has 0 saturated heterocycles. The molecule has 0 aromatic heterocycles. The van der Waals surface area contributed by atoms with E-state index in [4.69, 9.17) is 16.7 Å². The number of amides is 1. The molecule has 1 aromatic carbocycles. The van der Waals surface area contributed by atoms with E-state index in [1.807, 2.05) is 6.92 Å². The van der Waals surface area contributed by atoms with Crippen molar-refractivity contribution >= 4 is 29.2 Å². The predicted molar refractivity (Wildman–Crippen MR) is 79.4 cm³/mol. The third-order valence-corrected chi connectivity index (χ3v) is 3.05. The average Bonchev–Trinajstić information content (AvgIpc) is 2.35. The summed E-state index contributed by atoms with van der Waals surface area (Å²) in [6.07, 6.45) is 0.545. The van der Waals surface area contributed by atoms with E-state index >= 15 is 0 Å². The highest BCUT2D eigenvalue weighted by atomic mass is 35.5. The number of carbonyl (C=O) groups is 2. The third-order valence-electron chi connectivity index (χ3n) is 2.81. The number of carbonyl (C=O) groups excluding carboxylic acids is 1. The smallest absolute Gasteiger partial charge is 0.303 e. The van der Waals surface area contributed by atoms with E-state index in [-0.39, 0.29) is 18.4 Å². The summed E-state index contributed by atoms with van der Waals surface area (Å²) in [6, 6.07) is 4.93. The Hall–Kier alpha value is -1.75. The lowest BCUT2D eigenvalue weighted by molar-refractivity contribution is -0.137. The topological polar surface area (TPSA) is 69.6 Å². The van der Waals surface area contributed by atoms with Crippen LogP contribution < -0.4 is 5.32 Å². The van der Waals surface area contributed by atoms with E-state index in [0.29, 0.717) is 22.7 Å². The van der Waals surface area contributed by atoms with Crippen molar-refractivity contribution in [3.8, 4) is 0 Å². The van der Waals surface area contributed by atoms with Crippen LogP contribution in [0.15, 0.2) is 18.2 Å². The summed E-state index contributed by atoms with van der Waals surface area (Å²) >= 11 is 5.95. The molecule has 110 valence electrons. The first-order valence-corrected chi connectivity index (χ1v) is 6.68. The van der Waals surface area contributed by atoms with Gasteiger partial charge in [-0.1, -0.05) is 11.6 Å². The van der Waals surface area contributed by atoms with Crippen LogP contribution in [0.25, 0.3) is 0 Å². The van der Waals surface area contributed by atoms with Gasteiger partial charge in [-0.2, -0.15) is 0 Å². The lowest BCUT2D eigenvalue weighted by atomic mass is 10.1. The molecule has 0 bridgehead atoms. The lowest BCUT2D eigenvalue weighted by Gasteiger charge is -2.19. The van der Waals surface area contributed by atoms with E-state index in [2.05, 4.69) is 5.32 Å². The van der Waals surface area contributed by atoms with Gasteiger partial charge in [0.15, 0.2) is 0 Å². The maximum absolute atomic E-state index is 12.1. The van der Waals surface area contributed by atoms with Crippen LogP contribution in [0.5, 0.6) is 0 Å². The van der Waals surface area contributed by atoms with Crippen molar-refractivity contribution in [3.05, 3.63) is 28.8 Å². The van der Waals surface area contributed by atoms with Crippen molar-refractivity contribution in [1.29, 1.82) is 0 Å². The van der Waals surface area contributed by atoms with Gasteiger partial charge in [0.2, 0.25) is 0 Å². The maximum Gasteiger partial charge on any atom is 0.303 e. The summed E-state index contributed by atoms with van der Waals surface area (Å²) in [7, 11) is 3.35. The van der Waals surface area contributed by atoms with Gasteiger partial charge in [-0.3, -0.25) is 9.59 Å². The van der Waals surface area contributed by atoms with Gasteiger partial charge in [0.25, 0.3) is 5.91 Å². The monoisotopic (exact) mass is 298 g/mol. The highest BCUT2D eigenvalue weighted by molar-refractivity contribution is 6.31. The zero-order chi connectivity index (χ0) is 15.3. The second-order valence-electron chi connectivity index (χ2n) is 4.87. The van der Waals surface area contributed by atoms with E-state index in [1.165, 1.54) is 4.90 Å². The van der Waals surface area contributed by atoms with E-state index < -0.39 is 5.97 Å². The number of benzene rings is 1. The molecule has 1 atom stereocenters. The van der Waals surface area contributed by atoms with Gasteiger partial charge in [0.05, 0.1) is 5.56 Å². The van der Waals surface area contributed by atoms with Crippen LogP contribution in [-0.2, 0) is 4.79 Å². The number of carboxylic acids is 1. The van der Waals surface area contributed by atoms with Gasteiger partial charge < -0.3 is 15.3 Å². The number of rotatable bonds is 6. The second kappa shape index (κ2) is 7.14. The second-order valence-corrected chi connectivity index (χ2v) is 5.30. The molecular weight excluding hydrogens is 280 g/mol. The van der Waals surface area contributed by atoms with Gasteiger partial charge in [0.1, 0.15) is 0 Å². The molecule has 1 unspecified atom stereocenters. The Morgan fingerprint density at radius 3 is 2.60 bits per heavy atom. The molecule has 6 heteroatoms. The zero-order valence-electron chi connectivity index (χ0n) is 11.8. The number of nitrogens with one attached hydrogen (secondary N) is 1. The predicted octanol–water partition coefficient (Wildman–Crippen LogP) is 2.71. The Labute approximate surface area is 123 Å². The largest absolute Gasteiger partial charge is 0.481 e. The summed E-state index contributed by atoms with van der Waals surface area (Å²) < 4.78 is 0. The summed E-state index contributed by atoms with van der Waals surface area (Å²) in [6.45, 7) is 1.87. The fourth-order valence-electron chi connectivity index (χ4n) is 1.74. The normalized spacial score (nSPS) is 11.8. The molecule has 0 radical (unpaired) electrons. The zero-order valence-corrected chi connectivity index (χ0v) is 12.6. The Morgan fingerprint density at radius 1 is 1.40 bits per heavy atom.